The van der Waals surface area contributed by atoms with Crippen molar-refractivity contribution in [3.63, 3.8) is 0 Å². The van der Waals surface area contributed by atoms with Gasteiger partial charge in [-0.3, -0.25) is 5.10 Å². The molecule has 4 rings (SSSR count). The number of anilines is 3. The van der Waals surface area contributed by atoms with Crippen molar-refractivity contribution in [2.75, 3.05) is 10.6 Å². The first-order valence-corrected chi connectivity index (χ1v) is 10.7. The summed E-state index contributed by atoms with van der Waals surface area (Å²) in [6, 6.07) is 3.56. The lowest BCUT2D eigenvalue weighted by Crippen LogP contribution is -2.50. The van der Waals surface area contributed by atoms with Crippen molar-refractivity contribution in [1.82, 2.24) is 20.2 Å². The van der Waals surface area contributed by atoms with Gasteiger partial charge in [-0.15, -0.1) is 0 Å². The quantitative estimate of drug-likeness (QED) is 0.454. The van der Waals surface area contributed by atoms with Gasteiger partial charge in [0.2, 0.25) is 5.95 Å². The van der Waals surface area contributed by atoms with Crippen LogP contribution in [0.4, 0.5) is 17.6 Å². The Balaban J connectivity index is 1.53. The van der Waals surface area contributed by atoms with Crippen molar-refractivity contribution >= 4 is 29.2 Å². The molecule has 5 atom stereocenters. The molecule has 0 spiro atoms. The third-order valence-corrected chi connectivity index (χ3v) is 6.48. The topological polar surface area (TPSA) is 119 Å². The highest BCUT2D eigenvalue weighted by Gasteiger charge is 2.45. The first kappa shape index (κ1) is 20.4. The van der Waals surface area contributed by atoms with Crippen molar-refractivity contribution in [3.05, 3.63) is 23.0 Å². The third-order valence-electron chi connectivity index (χ3n) is 6.29. The largest absolute Gasteiger partial charge is 0.390 e. The van der Waals surface area contributed by atoms with Gasteiger partial charge in [0.1, 0.15) is 11.0 Å². The Morgan fingerprint density at radius 3 is 2.79 bits per heavy atom. The Bertz CT molecular complexity index is 857. The van der Waals surface area contributed by atoms with Crippen molar-refractivity contribution < 1.29 is 10.2 Å². The lowest BCUT2D eigenvalue weighted by Gasteiger charge is -2.50. The number of halogens is 1. The smallest absolute Gasteiger partial charge is 0.226 e. The molecule has 0 aliphatic heterocycles. The third kappa shape index (κ3) is 4.65. The monoisotopic (exact) mass is 420 g/mol. The molecule has 8 nitrogen and oxygen atoms in total. The second-order valence-electron chi connectivity index (χ2n) is 8.80. The lowest BCUT2D eigenvalue weighted by molar-refractivity contribution is -0.0524. The van der Waals surface area contributed by atoms with Gasteiger partial charge in [0.25, 0.3) is 0 Å². The summed E-state index contributed by atoms with van der Waals surface area (Å²) in [6.07, 6.45) is 5.01. The first-order valence-electron chi connectivity index (χ1n) is 10.3. The van der Waals surface area contributed by atoms with E-state index in [2.05, 4.69) is 37.7 Å². The molecule has 2 heterocycles. The Morgan fingerprint density at radius 2 is 2.07 bits per heavy atom. The van der Waals surface area contributed by atoms with Gasteiger partial charge in [0.05, 0.1) is 17.9 Å². The van der Waals surface area contributed by atoms with Crippen molar-refractivity contribution in [3.8, 4) is 0 Å². The molecule has 5 N–H and O–H groups in total. The Morgan fingerprint density at radius 1 is 1.24 bits per heavy atom. The van der Waals surface area contributed by atoms with Gasteiger partial charge in [-0.1, -0.05) is 24.9 Å². The molecule has 9 heteroatoms. The molecule has 0 amide bonds. The summed E-state index contributed by atoms with van der Waals surface area (Å²) in [4.78, 5) is 8.95. The SMILES string of the molecule is CCC1CC2CC(CC(C)(O)C2)C1Nc1nc(Cl)cc(Nc2cc(CO)[nH]n2)n1. The molecule has 2 saturated carbocycles. The summed E-state index contributed by atoms with van der Waals surface area (Å²) in [5.74, 6) is 3.05. The first-order chi connectivity index (χ1) is 13.8. The van der Waals surface area contributed by atoms with Gasteiger partial charge < -0.3 is 20.8 Å². The van der Waals surface area contributed by atoms with Crippen LogP contribution in [0.5, 0.6) is 0 Å². The molecular weight excluding hydrogens is 392 g/mol. The highest BCUT2D eigenvalue weighted by atomic mass is 35.5. The molecule has 5 unspecified atom stereocenters. The van der Waals surface area contributed by atoms with E-state index in [9.17, 15) is 10.2 Å². The van der Waals surface area contributed by atoms with E-state index in [4.69, 9.17) is 11.6 Å². The van der Waals surface area contributed by atoms with Gasteiger partial charge in [-0.25, -0.2) is 4.98 Å². The molecule has 0 radical (unpaired) electrons. The van der Waals surface area contributed by atoms with Crippen molar-refractivity contribution in [1.29, 1.82) is 0 Å². The van der Waals surface area contributed by atoms with Crippen LogP contribution >= 0.6 is 11.6 Å². The number of aromatic nitrogens is 4. The van der Waals surface area contributed by atoms with Crippen LogP contribution in [0.25, 0.3) is 0 Å². The molecule has 2 aliphatic rings. The maximum absolute atomic E-state index is 10.7. The molecule has 0 saturated heterocycles. The summed E-state index contributed by atoms with van der Waals surface area (Å²) in [6.45, 7) is 4.07. The zero-order valence-corrected chi connectivity index (χ0v) is 17.6. The number of H-pyrrole nitrogens is 1. The predicted molar refractivity (Wildman–Crippen MR) is 112 cm³/mol. The van der Waals surface area contributed by atoms with Gasteiger partial charge in [0.15, 0.2) is 5.82 Å². The minimum atomic E-state index is -0.599. The van der Waals surface area contributed by atoms with Gasteiger partial charge in [0, 0.05) is 18.2 Å². The maximum Gasteiger partial charge on any atom is 0.226 e. The van der Waals surface area contributed by atoms with Gasteiger partial charge in [-0.2, -0.15) is 10.1 Å². The number of fused-ring (bicyclic) bond motifs is 2. The number of hydrogen-bond donors (Lipinski definition) is 5. The number of aliphatic hydroxyl groups is 2. The van der Waals surface area contributed by atoms with Crippen LogP contribution in [0.15, 0.2) is 12.1 Å². The number of aliphatic hydroxyl groups excluding tert-OH is 1. The van der Waals surface area contributed by atoms with Crippen LogP contribution in [0, 0.1) is 17.8 Å². The highest BCUT2D eigenvalue weighted by Crippen LogP contribution is 2.48. The van der Waals surface area contributed by atoms with Gasteiger partial charge in [-0.05, 0) is 50.4 Å². The van der Waals surface area contributed by atoms with E-state index in [0.717, 1.165) is 32.1 Å². The van der Waals surface area contributed by atoms with Crippen LogP contribution < -0.4 is 10.6 Å². The van der Waals surface area contributed by atoms with E-state index in [1.54, 1.807) is 12.1 Å². The van der Waals surface area contributed by atoms with Crippen LogP contribution in [-0.4, -0.2) is 42.0 Å². The second kappa shape index (κ2) is 8.08. The summed E-state index contributed by atoms with van der Waals surface area (Å²) >= 11 is 6.25. The normalized spacial score (nSPS) is 31.5. The molecule has 0 aromatic carbocycles. The van der Waals surface area contributed by atoms with Crippen molar-refractivity contribution in [2.45, 2.75) is 64.2 Å². The van der Waals surface area contributed by atoms with Crippen LogP contribution in [0.2, 0.25) is 5.15 Å². The molecule has 29 heavy (non-hydrogen) atoms. The zero-order chi connectivity index (χ0) is 20.6. The maximum atomic E-state index is 10.7. The van der Waals surface area contributed by atoms with Crippen LogP contribution in [0.3, 0.4) is 0 Å². The molecule has 2 aromatic rings. The summed E-state index contributed by atoms with van der Waals surface area (Å²) in [5.41, 5.74) is 0.0105. The zero-order valence-electron chi connectivity index (χ0n) is 16.8. The standard InChI is InChI=1S/C20H29ClN6O2/c1-3-12-4-11-5-13(9-20(2,29)8-11)18(12)25-19-22-15(21)7-16(24-19)23-17-6-14(10-28)26-27-17/h6-7,11-13,18,28-29H,3-5,8-10H2,1-2H3,(H3,22,23,24,25,26,27). The number of rotatable bonds is 6. The second-order valence-corrected chi connectivity index (χ2v) is 9.19. The molecule has 2 bridgehead atoms. The number of nitrogens with zero attached hydrogens (tertiary/aromatic N) is 3. The van der Waals surface area contributed by atoms with Crippen LogP contribution in [-0.2, 0) is 6.61 Å². The van der Waals surface area contributed by atoms with E-state index in [0.29, 0.717) is 46.2 Å². The highest BCUT2D eigenvalue weighted by molar-refractivity contribution is 6.29. The molecule has 2 aromatic heterocycles. The Hall–Kier alpha value is -1.90. The number of aromatic amines is 1. The van der Waals surface area contributed by atoms with E-state index < -0.39 is 5.60 Å². The number of hydrogen-bond acceptors (Lipinski definition) is 7. The fourth-order valence-corrected chi connectivity index (χ4v) is 5.45. The minimum Gasteiger partial charge on any atom is -0.390 e. The Labute approximate surface area is 175 Å². The van der Waals surface area contributed by atoms with Gasteiger partial charge >= 0.3 is 0 Å². The van der Waals surface area contributed by atoms with Crippen molar-refractivity contribution in [2.24, 2.45) is 17.8 Å². The number of nitrogens with one attached hydrogen (secondary N) is 3. The van der Waals surface area contributed by atoms with E-state index >= 15 is 0 Å². The molecule has 2 fully saturated rings. The van der Waals surface area contributed by atoms with E-state index in [1.165, 1.54) is 0 Å². The predicted octanol–water partition coefficient (Wildman–Crippen LogP) is 3.47. The summed E-state index contributed by atoms with van der Waals surface area (Å²) in [7, 11) is 0. The average molecular weight is 421 g/mol. The fourth-order valence-electron chi connectivity index (χ4n) is 5.27. The molecular formula is C20H29ClN6O2. The molecule has 158 valence electrons. The summed E-state index contributed by atoms with van der Waals surface area (Å²) < 4.78 is 0. The van der Waals surface area contributed by atoms with Crippen LogP contribution in [0.1, 0.15) is 51.6 Å². The summed E-state index contributed by atoms with van der Waals surface area (Å²) in [5, 5.41) is 33.6. The van der Waals surface area contributed by atoms with E-state index in [-0.39, 0.29) is 12.6 Å². The fraction of sp³-hybridized carbons (Fsp3) is 0.650. The molecule has 2 aliphatic carbocycles. The van der Waals surface area contributed by atoms with E-state index in [1.807, 2.05) is 6.92 Å². The lowest BCUT2D eigenvalue weighted by atomic mass is 9.60. The minimum absolute atomic E-state index is 0.113. The average Bonchev–Trinajstić information content (AvgIpc) is 3.09. The Kier molecular flexibility index (Phi) is 5.68.